The minimum absolute atomic E-state index is 0.00365. The lowest BCUT2D eigenvalue weighted by Crippen LogP contribution is -2.42. The Bertz CT molecular complexity index is 585. The van der Waals surface area contributed by atoms with Gasteiger partial charge in [0.2, 0.25) is 15.9 Å². The van der Waals surface area contributed by atoms with E-state index in [9.17, 15) is 13.2 Å². The number of pyridine rings is 1. The summed E-state index contributed by atoms with van der Waals surface area (Å²) in [6.07, 6.45) is 4.37. The number of aromatic nitrogens is 1. The molecule has 2 heterocycles. The topological polar surface area (TPSA) is 79.4 Å². The number of carbonyl (C=O) groups is 1. The van der Waals surface area contributed by atoms with Crippen LogP contribution in [-0.4, -0.2) is 43.8 Å². The highest BCUT2D eigenvalue weighted by Gasteiger charge is 2.20. The maximum atomic E-state index is 12.0. The fourth-order valence-corrected chi connectivity index (χ4v) is 3.27. The number of rotatable bonds is 4. The van der Waals surface area contributed by atoms with Crippen LogP contribution in [-0.2, 0) is 14.8 Å². The molecular formula is C12H16ClN3O3S. The van der Waals surface area contributed by atoms with Crippen molar-refractivity contribution in [2.45, 2.75) is 24.2 Å². The Morgan fingerprint density at radius 3 is 2.70 bits per heavy atom. The number of hydrogen-bond acceptors (Lipinski definition) is 4. The second-order valence-electron chi connectivity index (χ2n) is 4.58. The molecule has 1 aromatic rings. The van der Waals surface area contributed by atoms with Gasteiger partial charge in [0, 0.05) is 19.3 Å². The van der Waals surface area contributed by atoms with Crippen LogP contribution < -0.4 is 4.72 Å². The Balaban J connectivity index is 1.97. The molecule has 8 heteroatoms. The first-order valence-corrected chi connectivity index (χ1v) is 8.24. The van der Waals surface area contributed by atoms with Gasteiger partial charge < -0.3 is 4.90 Å². The van der Waals surface area contributed by atoms with Crippen molar-refractivity contribution >= 4 is 27.5 Å². The third kappa shape index (κ3) is 3.91. The maximum Gasteiger partial charge on any atom is 0.241 e. The molecule has 0 aliphatic carbocycles. The molecular weight excluding hydrogens is 302 g/mol. The molecule has 0 radical (unpaired) electrons. The molecule has 1 amide bonds. The molecule has 0 spiro atoms. The molecule has 1 aromatic heterocycles. The van der Waals surface area contributed by atoms with E-state index in [2.05, 4.69) is 9.71 Å². The Morgan fingerprint density at radius 1 is 1.35 bits per heavy atom. The van der Waals surface area contributed by atoms with Gasteiger partial charge >= 0.3 is 0 Å². The lowest BCUT2D eigenvalue weighted by atomic mass is 10.1. The van der Waals surface area contributed by atoms with Crippen molar-refractivity contribution < 1.29 is 13.2 Å². The van der Waals surface area contributed by atoms with E-state index >= 15 is 0 Å². The molecule has 6 nitrogen and oxygen atoms in total. The highest BCUT2D eigenvalue weighted by atomic mass is 35.5. The van der Waals surface area contributed by atoms with Crippen LogP contribution in [0.1, 0.15) is 19.3 Å². The number of piperidine rings is 1. The molecule has 1 aliphatic rings. The van der Waals surface area contributed by atoms with Crippen LogP contribution in [0.15, 0.2) is 23.2 Å². The largest absolute Gasteiger partial charge is 0.342 e. The number of sulfonamides is 1. The van der Waals surface area contributed by atoms with Crippen molar-refractivity contribution in [1.82, 2.24) is 14.6 Å². The van der Waals surface area contributed by atoms with Gasteiger partial charge in [-0.05, 0) is 31.4 Å². The molecule has 2 rings (SSSR count). The van der Waals surface area contributed by atoms with E-state index in [1.165, 1.54) is 18.3 Å². The quantitative estimate of drug-likeness (QED) is 0.841. The van der Waals surface area contributed by atoms with Crippen molar-refractivity contribution in [2.75, 3.05) is 19.6 Å². The second kappa shape index (κ2) is 6.51. The van der Waals surface area contributed by atoms with E-state index < -0.39 is 10.0 Å². The first-order chi connectivity index (χ1) is 9.49. The normalized spacial score (nSPS) is 16.1. The summed E-state index contributed by atoms with van der Waals surface area (Å²) in [6, 6.07) is 2.58. The van der Waals surface area contributed by atoms with Crippen molar-refractivity contribution in [2.24, 2.45) is 0 Å². The average Bonchev–Trinajstić information content (AvgIpc) is 2.46. The SMILES string of the molecule is O=C(CNS(=O)(=O)c1ccnc(Cl)c1)N1CCCCC1. The number of hydrogen-bond donors (Lipinski definition) is 1. The van der Waals surface area contributed by atoms with Crippen LogP contribution in [0.3, 0.4) is 0 Å². The number of likely N-dealkylation sites (tertiary alicyclic amines) is 1. The maximum absolute atomic E-state index is 12.0. The van der Waals surface area contributed by atoms with Crippen LogP contribution in [0.25, 0.3) is 0 Å². The lowest BCUT2D eigenvalue weighted by molar-refractivity contribution is -0.130. The first kappa shape index (κ1) is 15.2. The summed E-state index contributed by atoms with van der Waals surface area (Å²) in [5, 5.41) is 0.0928. The van der Waals surface area contributed by atoms with Gasteiger partial charge in [0.1, 0.15) is 5.15 Å². The molecule has 110 valence electrons. The van der Waals surface area contributed by atoms with E-state index in [0.29, 0.717) is 13.1 Å². The summed E-state index contributed by atoms with van der Waals surface area (Å²) in [5.41, 5.74) is 0. The van der Waals surface area contributed by atoms with Crippen LogP contribution in [0.5, 0.6) is 0 Å². The lowest BCUT2D eigenvalue weighted by Gasteiger charge is -2.26. The zero-order valence-corrected chi connectivity index (χ0v) is 12.5. The van der Waals surface area contributed by atoms with Crippen LogP contribution >= 0.6 is 11.6 Å². The van der Waals surface area contributed by atoms with E-state index in [0.717, 1.165) is 19.3 Å². The summed E-state index contributed by atoms with van der Waals surface area (Å²) < 4.78 is 26.3. The Hall–Kier alpha value is -1.18. The fourth-order valence-electron chi connectivity index (χ4n) is 2.05. The predicted molar refractivity (Wildman–Crippen MR) is 74.9 cm³/mol. The smallest absolute Gasteiger partial charge is 0.241 e. The van der Waals surface area contributed by atoms with E-state index in [1.807, 2.05) is 0 Å². The number of nitrogens with zero attached hydrogens (tertiary/aromatic N) is 2. The minimum Gasteiger partial charge on any atom is -0.342 e. The summed E-state index contributed by atoms with van der Waals surface area (Å²) in [5.74, 6) is -0.201. The van der Waals surface area contributed by atoms with Crippen molar-refractivity contribution in [3.05, 3.63) is 23.5 Å². The second-order valence-corrected chi connectivity index (χ2v) is 6.73. The van der Waals surface area contributed by atoms with Gasteiger partial charge in [0.05, 0.1) is 11.4 Å². The van der Waals surface area contributed by atoms with E-state index in [4.69, 9.17) is 11.6 Å². The van der Waals surface area contributed by atoms with Crippen LogP contribution in [0.2, 0.25) is 5.15 Å². The molecule has 20 heavy (non-hydrogen) atoms. The van der Waals surface area contributed by atoms with Gasteiger partial charge in [-0.2, -0.15) is 0 Å². The summed E-state index contributed by atoms with van der Waals surface area (Å²) >= 11 is 5.66. The monoisotopic (exact) mass is 317 g/mol. The molecule has 0 unspecified atom stereocenters. The third-order valence-corrected chi connectivity index (χ3v) is 4.74. The number of amides is 1. The number of nitrogens with one attached hydrogen (secondary N) is 1. The molecule has 0 atom stereocenters. The molecule has 1 aliphatic heterocycles. The summed E-state index contributed by atoms with van der Waals surface area (Å²) in [7, 11) is -3.74. The molecule has 0 saturated carbocycles. The van der Waals surface area contributed by atoms with Gasteiger partial charge in [-0.25, -0.2) is 18.1 Å². The van der Waals surface area contributed by atoms with Crippen molar-refractivity contribution in [3.63, 3.8) is 0 Å². The Kier molecular flexibility index (Phi) is 4.95. The molecule has 0 bridgehead atoms. The standard InChI is InChI=1S/C12H16ClN3O3S/c13-11-8-10(4-5-14-11)20(18,19)15-9-12(17)16-6-2-1-3-7-16/h4-5,8,15H,1-3,6-7,9H2. The average molecular weight is 318 g/mol. The zero-order valence-electron chi connectivity index (χ0n) is 10.9. The fraction of sp³-hybridized carbons (Fsp3) is 0.500. The molecule has 1 fully saturated rings. The van der Waals surface area contributed by atoms with Gasteiger partial charge in [-0.1, -0.05) is 11.6 Å². The van der Waals surface area contributed by atoms with Gasteiger partial charge in [-0.3, -0.25) is 4.79 Å². The van der Waals surface area contributed by atoms with Gasteiger partial charge in [0.15, 0.2) is 0 Å². The van der Waals surface area contributed by atoms with Crippen molar-refractivity contribution in [1.29, 1.82) is 0 Å². The number of carbonyl (C=O) groups excluding carboxylic acids is 1. The minimum atomic E-state index is -3.74. The van der Waals surface area contributed by atoms with Crippen LogP contribution in [0, 0.1) is 0 Å². The van der Waals surface area contributed by atoms with Crippen molar-refractivity contribution in [3.8, 4) is 0 Å². The summed E-state index contributed by atoms with van der Waals surface area (Å²) in [6.45, 7) is 1.16. The molecule has 0 aromatic carbocycles. The molecule has 1 N–H and O–H groups in total. The Labute approximate surface area is 123 Å². The molecule has 1 saturated heterocycles. The van der Waals surface area contributed by atoms with E-state index in [1.54, 1.807) is 4.90 Å². The third-order valence-electron chi connectivity index (χ3n) is 3.13. The highest BCUT2D eigenvalue weighted by Crippen LogP contribution is 2.13. The predicted octanol–water partition coefficient (Wildman–Crippen LogP) is 1.03. The zero-order chi connectivity index (χ0) is 14.6. The highest BCUT2D eigenvalue weighted by molar-refractivity contribution is 7.89. The van der Waals surface area contributed by atoms with Crippen LogP contribution in [0.4, 0.5) is 0 Å². The van der Waals surface area contributed by atoms with E-state index in [-0.39, 0.29) is 22.5 Å². The number of halogens is 1. The van der Waals surface area contributed by atoms with Gasteiger partial charge in [-0.15, -0.1) is 0 Å². The van der Waals surface area contributed by atoms with Gasteiger partial charge in [0.25, 0.3) is 0 Å². The Morgan fingerprint density at radius 2 is 2.05 bits per heavy atom. The first-order valence-electron chi connectivity index (χ1n) is 6.38. The summed E-state index contributed by atoms with van der Waals surface area (Å²) in [4.78, 5) is 17.3.